The Balaban J connectivity index is 1.79. The van der Waals surface area contributed by atoms with Gasteiger partial charge in [0.2, 0.25) is 11.8 Å². The molecule has 11 nitrogen and oxygen atoms in total. The van der Waals surface area contributed by atoms with Crippen molar-refractivity contribution in [3.63, 3.8) is 0 Å². The molecule has 1 aliphatic heterocycles. The van der Waals surface area contributed by atoms with Gasteiger partial charge < -0.3 is 26.0 Å². The molecule has 1 aliphatic rings. The number of anilines is 1. The van der Waals surface area contributed by atoms with Crippen molar-refractivity contribution in [2.24, 2.45) is 5.73 Å². The number of aromatic nitrogens is 1. The second-order valence-electron chi connectivity index (χ2n) is 11.0. The number of carbonyl (C=O) groups is 3. The number of nitrogens with two attached hydrogens (primary N) is 1. The molecule has 42 heavy (non-hydrogen) atoms. The average Bonchev–Trinajstić information content (AvgIpc) is 2.94. The number of primary amides is 1. The van der Waals surface area contributed by atoms with Crippen molar-refractivity contribution in [3.8, 4) is 12.1 Å². The van der Waals surface area contributed by atoms with Gasteiger partial charge in [0, 0.05) is 19.1 Å². The predicted molar refractivity (Wildman–Crippen MR) is 159 cm³/mol. The van der Waals surface area contributed by atoms with Gasteiger partial charge in [-0.15, -0.1) is 0 Å². The van der Waals surface area contributed by atoms with Crippen LogP contribution in [-0.4, -0.2) is 53.7 Å². The van der Waals surface area contributed by atoms with E-state index in [1.807, 2.05) is 30.0 Å². The van der Waals surface area contributed by atoms with Crippen molar-refractivity contribution in [1.82, 2.24) is 15.6 Å². The van der Waals surface area contributed by atoms with Gasteiger partial charge in [-0.25, -0.2) is 9.78 Å². The molecule has 2 atom stereocenters. The summed E-state index contributed by atoms with van der Waals surface area (Å²) in [6.07, 6.45) is 0.920. The van der Waals surface area contributed by atoms with Crippen LogP contribution in [0.3, 0.4) is 0 Å². The molecule has 1 aromatic heterocycles. The highest BCUT2D eigenvalue weighted by atomic mass is 32.2. The van der Waals surface area contributed by atoms with E-state index in [4.69, 9.17) is 15.5 Å². The number of benzene rings is 1. The van der Waals surface area contributed by atoms with E-state index < -0.39 is 28.9 Å². The van der Waals surface area contributed by atoms with Crippen molar-refractivity contribution in [3.05, 3.63) is 52.6 Å². The minimum absolute atomic E-state index is 0.141. The molecule has 1 fully saturated rings. The quantitative estimate of drug-likeness (QED) is 0.367. The molecular weight excluding hydrogens is 554 g/mol. The maximum Gasteiger partial charge on any atom is 0.408 e. The molecule has 12 heteroatoms. The number of piperidine rings is 1. The van der Waals surface area contributed by atoms with Crippen LogP contribution in [0.15, 0.2) is 35.4 Å². The lowest BCUT2D eigenvalue weighted by Gasteiger charge is -2.34. The lowest BCUT2D eigenvalue weighted by molar-refractivity contribution is -0.123. The summed E-state index contributed by atoms with van der Waals surface area (Å²) in [4.78, 5) is 43.9. The highest BCUT2D eigenvalue weighted by Gasteiger charge is 2.30. The summed E-state index contributed by atoms with van der Waals surface area (Å²) in [5.74, 6) is -0.441. The molecule has 2 aromatic rings. The number of ether oxygens (including phenoxy) is 1. The van der Waals surface area contributed by atoms with E-state index in [0.717, 1.165) is 11.8 Å². The molecule has 1 aromatic carbocycles. The van der Waals surface area contributed by atoms with Gasteiger partial charge in [-0.1, -0.05) is 49.0 Å². The van der Waals surface area contributed by atoms with Crippen LogP contribution in [0.1, 0.15) is 75.0 Å². The van der Waals surface area contributed by atoms with Crippen molar-refractivity contribution < 1.29 is 19.1 Å². The Morgan fingerprint density at radius 3 is 2.29 bits per heavy atom. The predicted octanol–water partition coefficient (Wildman–Crippen LogP) is 3.70. The molecular formula is C30H37N7O4S. The van der Waals surface area contributed by atoms with Crippen LogP contribution >= 0.6 is 11.8 Å². The first kappa shape index (κ1) is 32.2. The third-order valence-electron chi connectivity index (χ3n) is 6.68. The Morgan fingerprint density at radius 2 is 1.76 bits per heavy atom. The van der Waals surface area contributed by atoms with E-state index >= 15 is 0 Å². The molecule has 1 saturated heterocycles. The van der Waals surface area contributed by atoms with Crippen molar-refractivity contribution >= 4 is 35.5 Å². The van der Waals surface area contributed by atoms with Gasteiger partial charge in [0.05, 0.1) is 11.1 Å². The molecule has 2 heterocycles. The second kappa shape index (κ2) is 14.1. The molecule has 3 amide bonds. The number of pyridine rings is 1. The summed E-state index contributed by atoms with van der Waals surface area (Å²) in [5.41, 5.74) is 6.92. The van der Waals surface area contributed by atoms with Gasteiger partial charge >= 0.3 is 6.09 Å². The molecule has 222 valence electrons. The highest BCUT2D eigenvalue weighted by molar-refractivity contribution is 8.00. The minimum atomic E-state index is -0.780. The molecule has 4 N–H and O–H groups in total. The number of nitriles is 2. The Morgan fingerprint density at radius 1 is 1.14 bits per heavy atom. The zero-order valence-corrected chi connectivity index (χ0v) is 25.4. The van der Waals surface area contributed by atoms with E-state index in [1.165, 1.54) is 0 Å². The fraction of sp³-hybridized carbons (Fsp3) is 0.467. The fourth-order valence-corrected chi connectivity index (χ4v) is 5.70. The number of alkyl carbamates (subject to hydrolysis) is 1. The first-order valence-corrected chi connectivity index (χ1v) is 14.7. The molecule has 0 saturated carbocycles. The molecule has 3 rings (SSSR count). The first-order chi connectivity index (χ1) is 19.9. The van der Waals surface area contributed by atoms with Crippen LogP contribution in [-0.2, 0) is 20.7 Å². The van der Waals surface area contributed by atoms with Crippen LogP contribution in [0, 0.1) is 22.7 Å². The largest absolute Gasteiger partial charge is 0.444 e. The van der Waals surface area contributed by atoms with Gasteiger partial charge in [-0.3, -0.25) is 9.59 Å². The average molecular weight is 592 g/mol. The number of hydrogen-bond acceptors (Lipinski definition) is 9. The number of amides is 3. The van der Waals surface area contributed by atoms with Gasteiger partial charge in [-0.2, -0.15) is 10.5 Å². The fourth-order valence-electron chi connectivity index (χ4n) is 4.64. The highest BCUT2D eigenvalue weighted by Crippen LogP contribution is 2.39. The zero-order valence-electron chi connectivity index (χ0n) is 24.6. The lowest BCUT2D eigenvalue weighted by atomic mass is 9.99. The maximum absolute atomic E-state index is 12.7. The molecule has 1 unspecified atom stereocenters. The Labute approximate surface area is 250 Å². The van der Waals surface area contributed by atoms with Crippen LogP contribution in [0.2, 0.25) is 0 Å². The van der Waals surface area contributed by atoms with Crippen molar-refractivity contribution in [2.75, 3.05) is 18.0 Å². The third kappa shape index (κ3) is 8.14. The van der Waals surface area contributed by atoms with Gasteiger partial charge in [0.1, 0.15) is 39.9 Å². The standard InChI is InChI=1S/C30H37N7O4S/c1-6-21-22(16-31)26(36-28(23(21)17-32)42-24(25(33)38)19-10-8-7-9-11-19)37-14-12-20(13-15-37)35-27(39)18(2)34-29(40)41-30(3,4)5/h7-11,18,20,24H,6,12-15H2,1-5H3,(H2,33,38)(H,34,40)(H,35,39)/t18-,24?/m1/s1. The van der Waals surface area contributed by atoms with Gasteiger partial charge in [-0.05, 0) is 58.1 Å². The lowest BCUT2D eigenvalue weighted by Crippen LogP contribution is -2.51. The second-order valence-corrected chi connectivity index (χ2v) is 12.1. The smallest absolute Gasteiger partial charge is 0.408 e. The van der Waals surface area contributed by atoms with E-state index in [-0.39, 0.29) is 17.5 Å². The summed E-state index contributed by atoms with van der Waals surface area (Å²) in [6.45, 7) is 9.69. The Hall–Kier alpha value is -4.29. The van der Waals surface area contributed by atoms with Crippen molar-refractivity contribution in [2.45, 2.75) is 81.8 Å². The topological polar surface area (TPSA) is 174 Å². The number of nitrogens with one attached hydrogen (secondary N) is 2. The number of nitrogens with zero attached hydrogens (tertiary/aromatic N) is 4. The van der Waals surface area contributed by atoms with E-state index in [2.05, 4.69) is 22.8 Å². The monoisotopic (exact) mass is 591 g/mol. The van der Waals surface area contributed by atoms with Gasteiger partial charge in [0.15, 0.2) is 0 Å². The maximum atomic E-state index is 12.7. The molecule has 0 bridgehead atoms. The summed E-state index contributed by atoms with van der Waals surface area (Å²) in [6, 6.07) is 12.5. The third-order valence-corrected chi connectivity index (χ3v) is 7.94. The van der Waals surface area contributed by atoms with E-state index in [9.17, 15) is 24.9 Å². The summed E-state index contributed by atoms with van der Waals surface area (Å²) in [5, 5.41) is 25.2. The molecule has 0 aliphatic carbocycles. The van der Waals surface area contributed by atoms with Crippen LogP contribution < -0.4 is 21.3 Å². The number of carbonyl (C=O) groups excluding carboxylic acids is 3. The van der Waals surface area contributed by atoms with Crippen LogP contribution in [0.25, 0.3) is 0 Å². The number of thioether (sulfide) groups is 1. The normalized spacial score (nSPS) is 15.1. The van der Waals surface area contributed by atoms with Gasteiger partial charge in [0.25, 0.3) is 0 Å². The Kier molecular flexibility index (Phi) is 10.8. The summed E-state index contributed by atoms with van der Waals surface area (Å²) in [7, 11) is 0. The van der Waals surface area contributed by atoms with E-state index in [1.54, 1.807) is 39.8 Å². The zero-order chi connectivity index (χ0) is 31.0. The van der Waals surface area contributed by atoms with Crippen LogP contribution in [0.5, 0.6) is 0 Å². The molecule has 0 radical (unpaired) electrons. The van der Waals surface area contributed by atoms with E-state index in [0.29, 0.717) is 59.9 Å². The van der Waals surface area contributed by atoms with Crippen molar-refractivity contribution in [1.29, 1.82) is 10.5 Å². The Bertz CT molecular complexity index is 1390. The first-order valence-electron chi connectivity index (χ1n) is 13.8. The number of rotatable bonds is 9. The number of hydrogen-bond donors (Lipinski definition) is 3. The summed E-state index contributed by atoms with van der Waals surface area (Å²) < 4.78 is 5.22. The SMILES string of the molecule is CCc1c(C#N)c(SC(C(N)=O)c2ccccc2)nc(N2CCC(NC(=O)[C@@H](C)NC(=O)OC(C)(C)C)CC2)c1C#N. The van der Waals surface area contributed by atoms with Crippen LogP contribution in [0.4, 0.5) is 10.6 Å². The summed E-state index contributed by atoms with van der Waals surface area (Å²) >= 11 is 1.10. The minimum Gasteiger partial charge on any atom is -0.444 e. The molecule has 0 spiro atoms.